The number of hydrogen-bond acceptors (Lipinski definition) is 5. The number of nitrogens with two attached hydrogens (primary N) is 1. The molecular formula is C24H32N6O3. The van der Waals surface area contributed by atoms with Crippen molar-refractivity contribution in [3.8, 4) is 5.69 Å². The summed E-state index contributed by atoms with van der Waals surface area (Å²) >= 11 is 0. The van der Waals surface area contributed by atoms with Crippen LogP contribution >= 0.6 is 0 Å². The second-order valence-corrected chi connectivity index (χ2v) is 8.53. The number of nitrogens with zero attached hydrogens (tertiary/aromatic N) is 4. The normalized spacial score (nSPS) is 11.2. The Kier molecular flexibility index (Phi) is 7.52. The molecule has 0 radical (unpaired) electrons. The molecule has 9 heteroatoms. The first-order chi connectivity index (χ1) is 15.8. The van der Waals surface area contributed by atoms with Crippen LogP contribution in [0, 0.1) is 12.8 Å². The largest absolute Gasteiger partial charge is 0.383 e. The van der Waals surface area contributed by atoms with Gasteiger partial charge in [0.25, 0.3) is 11.5 Å². The molecule has 2 aromatic heterocycles. The molecule has 0 unspecified atom stereocenters. The Morgan fingerprint density at radius 1 is 1.21 bits per heavy atom. The van der Waals surface area contributed by atoms with Gasteiger partial charge < -0.3 is 10.6 Å². The van der Waals surface area contributed by atoms with Crippen molar-refractivity contribution in [1.29, 1.82) is 0 Å². The minimum Gasteiger partial charge on any atom is -0.383 e. The SMILES string of the molecule is CCCCn1c(N)c(N(CCC(C)C)C(=O)c2cnn(-c3ccccc3)c2C)c(=O)[nH]c1=O. The number of rotatable bonds is 9. The first-order valence-corrected chi connectivity index (χ1v) is 11.3. The summed E-state index contributed by atoms with van der Waals surface area (Å²) in [6.45, 7) is 8.53. The van der Waals surface area contributed by atoms with Crippen molar-refractivity contribution in [2.24, 2.45) is 5.92 Å². The fourth-order valence-electron chi connectivity index (χ4n) is 3.67. The molecule has 33 heavy (non-hydrogen) atoms. The average Bonchev–Trinajstić information content (AvgIpc) is 3.17. The molecule has 1 aromatic carbocycles. The van der Waals surface area contributed by atoms with Gasteiger partial charge in [-0.05, 0) is 37.8 Å². The van der Waals surface area contributed by atoms with Crippen LogP contribution < -0.4 is 21.9 Å². The monoisotopic (exact) mass is 452 g/mol. The van der Waals surface area contributed by atoms with Gasteiger partial charge in [0.05, 0.1) is 23.1 Å². The second-order valence-electron chi connectivity index (χ2n) is 8.53. The molecule has 0 saturated carbocycles. The van der Waals surface area contributed by atoms with Gasteiger partial charge in [0.2, 0.25) is 0 Å². The van der Waals surface area contributed by atoms with Gasteiger partial charge in [-0.15, -0.1) is 0 Å². The van der Waals surface area contributed by atoms with Crippen molar-refractivity contribution in [3.63, 3.8) is 0 Å². The summed E-state index contributed by atoms with van der Waals surface area (Å²) < 4.78 is 3.01. The zero-order chi connectivity index (χ0) is 24.1. The average molecular weight is 453 g/mol. The van der Waals surface area contributed by atoms with E-state index >= 15 is 0 Å². The number of amides is 1. The lowest BCUT2D eigenvalue weighted by molar-refractivity contribution is 0.0985. The van der Waals surface area contributed by atoms with Crippen LogP contribution in [-0.4, -0.2) is 31.8 Å². The van der Waals surface area contributed by atoms with Crippen LogP contribution in [0.3, 0.4) is 0 Å². The molecule has 3 N–H and O–H groups in total. The van der Waals surface area contributed by atoms with E-state index in [0.29, 0.717) is 30.1 Å². The molecule has 0 atom stereocenters. The van der Waals surface area contributed by atoms with Crippen molar-refractivity contribution >= 4 is 17.4 Å². The lowest BCUT2D eigenvalue weighted by atomic mass is 10.1. The molecule has 3 rings (SSSR count). The Morgan fingerprint density at radius 3 is 2.55 bits per heavy atom. The molecule has 3 aromatic rings. The van der Waals surface area contributed by atoms with Gasteiger partial charge in [-0.1, -0.05) is 45.4 Å². The molecule has 0 fully saturated rings. The van der Waals surface area contributed by atoms with Gasteiger partial charge in [-0.2, -0.15) is 5.10 Å². The summed E-state index contributed by atoms with van der Waals surface area (Å²) in [6, 6.07) is 9.50. The minimum absolute atomic E-state index is 0.00223. The number of H-pyrrole nitrogens is 1. The molecular weight excluding hydrogens is 420 g/mol. The summed E-state index contributed by atoms with van der Waals surface area (Å²) in [7, 11) is 0. The lowest BCUT2D eigenvalue weighted by Crippen LogP contribution is -2.42. The van der Waals surface area contributed by atoms with Crippen LogP contribution in [0.1, 0.15) is 56.1 Å². The molecule has 0 aliphatic carbocycles. The van der Waals surface area contributed by atoms with Gasteiger partial charge >= 0.3 is 5.69 Å². The van der Waals surface area contributed by atoms with Crippen molar-refractivity contribution in [2.75, 3.05) is 17.2 Å². The maximum atomic E-state index is 13.7. The maximum absolute atomic E-state index is 13.7. The number of benzene rings is 1. The highest BCUT2D eigenvalue weighted by molar-refractivity contribution is 6.07. The maximum Gasteiger partial charge on any atom is 0.330 e. The van der Waals surface area contributed by atoms with Crippen LogP contribution in [0.4, 0.5) is 11.5 Å². The van der Waals surface area contributed by atoms with E-state index in [1.165, 1.54) is 15.7 Å². The topological polar surface area (TPSA) is 119 Å². The van der Waals surface area contributed by atoms with Crippen molar-refractivity contribution in [1.82, 2.24) is 19.3 Å². The number of aromatic amines is 1. The zero-order valence-corrected chi connectivity index (χ0v) is 19.7. The summed E-state index contributed by atoms with van der Waals surface area (Å²) in [5.74, 6) is -0.0876. The lowest BCUT2D eigenvalue weighted by Gasteiger charge is -2.25. The number of carbonyl (C=O) groups is 1. The van der Waals surface area contributed by atoms with Crippen LogP contribution in [0.15, 0.2) is 46.1 Å². The molecule has 0 spiro atoms. The quantitative estimate of drug-likeness (QED) is 0.517. The fourth-order valence-corrected chi connectivity index (χ4v) is 3.67. The standard InChI is InChI=1S/C24H32N6O3/c1-5-6-13-29-21(25)20(22(31)27-24(29)33)28(14-12-16(2)3)23(32)19-15-26-30(17(19)4)18-10-8-7-9-11-18/h7-11,15-16H,5-6,12-14,25H2,1-4H3,(H,27,31,33). The first-order valence-electron chi connectivity index (χ1n) is 11.3. The third-order valence-corrected chi connectivity index (χ3v) is 5.64. The highest BCUT2D eigenvalue weighted by Gasteiger charge is 2.28. The van der Waals surface area contributed by atoms with E-state index in [9.17, 15) is 14.4 Å². The first kappa shape index (κ1) is 24.0. The predicted octanol–water partition coefficient (Wildman–Crippen LogP) is 3.11. The molecule has 0 aliphatic rings. The number of anilines is 2. The van der Waals surface area contributed by atoms with Crippen LogP contribution in [0.5, 0.6) is 0 Å². The summed E-state index contributed by atoms with van der Waals surface area (Å²) in [5, 5.41) is 4.39. The van der Waals surface area contributed by atoms with E-state index in [0.717, 1.165) is 18.5 Å². The summed E-state index contributed by atoms with van der Waals surface area (Å²) in [6.07, 6.45) is 3.74. The molecule has 0 aliphatic heterocycles. The Balaban J connectivity index is 2.10. The third-order valence-electron chi connectivity index (χ3n) is 5.64. The van der Waals surface area contributed by atoms with E-state index in [1.54, 1.807) is 4.68 Å². The number of hydrogen-bond donors (Lipinski definition) is 2. The van der Waals surface area contributed by atoms with Crippen molar-refractivity contribution < 1.29 is 4.79 Å². The van der Waals surface area contributed by atoms with Gasteiger partial charge in [0.1, 0.15) is 5.82 Å². The number of aromatic nitrogens is 4. The number of unbranched alkanes of at least 4 members (excludes halogenated alkanes) is 1. The molecule has 2 heterocycles. The van der Waals surface area contributed by atoms with Crippen molar-refractivity contribution in [3.05, 3.63) is 68.6 Å². The molecule has 9 nitrogen and oxygen atoms in total. The zero-order valence-electron chi connectivity index (χ0n) is 19.7. The molecule has 0 saturated heterocycles. The van der Waals surface area contributed by atoms with E-state index in [-0.39, 0.29) is 24.0 Å². The Bertz CT molecular complexity index is 1220. The van der Waals surface area contributed by atoms with E-state index in [4.69, 9.17) is 5.73 Å². The predicted molar refractivity (Wildman–Crippen MR) is 130 cm³/mol. The molecule has 0 bridgehead atoms. The van der Waals surface area contributed by atoms with Crippen LogP contribution in [-0.2, 0) is 6.54 Å². The second kappa shape index (κ2) is 10.3. The van der Waals surface area contributed by atoms with E-state index in [2.05, 4.69) is 10.1 Å². The van der Waals surface area contributed by atoms with Gasteiger partial charge in [0.15, 0.2) is 5.69 Å². The summed E-state index contributed by atoms with van der Waals surface area (Å²) in [5.41, 5.74) is 6.92. The van der Waals surface area contributed by atoms with Gasteiger partial charge in [0, 0.05) is 13.1 Å². The highest BCUT2D eigenvalue weighted by atomic mass is 16.2. The molecule has 176 valence electrons. The smallest absolute Gasteiger partial charge is 0.330 e. The van der Waals surface area contributed by atoms with Gasteiger partial charge in [-0.3, -0.25) is 19.1 Å². The molecule has 1 amide bonds. The Morgan fingerprint density at radius 2 is 1.91 bits per heavy atom. The van der Waals surface area contributed by atoms with E-state index in [1.807, 2.05) is 58.0 Å². The number of carbonyl (C=O) groups excluding carboxylic acids is 1. The van der Waals surface area contributed by atoms with Crippen molar-refractivity contribution in [2.45, 2.75) is 53.5 Å². The summed E-state index contributed by atoms with van der Waals surface area (Å²) in [4.78, 5) is 42.7. The minimum atomic E-state index is -0.671. The Hall–Kier alpha value is -3.62. The number of para-hydroxylation sites is 1. The van der Waals surface area contributed by atoms with Gasteiger partial charge in [-0.25, -0.2) is 9.48 Å². The highest BCUT2D eigenvalue weighted by Crippen LogP contribution is 2.23. The Labute approximate surface area is 192 Å². The fraction of sp³-hybridized carbons (Fsp3) is 0.417. The number of nitrogens with one attached hydrogen (secondary N) is 1. The van der Waals surface area contributed by atoms with Crippen LogP contribution in [0.25, 0.3) is 5.69 Å². The third kappa shape index (κ3) is 5.08. The van der Waals surface area contributed by atoms with Crippen LogP contribution in [0.2, 0.25) is 0 Å². The number of nitrogen functional groups attached to an aromatic ring is 1. The van der Waals surface area contributed by atoms with E-state index < -0.39 is 11.2 Å².